The third-order valence-electron chi connectivity index (χ3n) is 3.03. The molecule has 1 heterocycles. The van der Waals surface area contributed by atoms with Crippen LogP contribution in [0, 0.1) is 0 Å². The van der Waals surface area contributed by atoms with Gasteiger partial charge in [0.2, 0.25) is 0 Å². The summed E-state index contributed by atoms with van der Waals surface area (Å²) in [6.07, 6.45) is 1.13. The third-order valence-corrected chi connectivity index (χ3v) is 6.17. The Morgan fingerprint density at radius 1 is 1.50 bits per heavy atom. The summed E-state index contributed by atoms with van der Waals surface area (Å²) in [7, 11) is -3.36. The standard InChI is InChI=1S/C12H14BrNO4S2/c1-20(17,18)11-7-19-5-4-14(11)12(16)9-3-2-8(13)6-10(9)15/h2-3,6,11,15H,4-5,7H2,1H3. The van der Waals surface area contributed by atoms with Crippen molar-refractivity contribution >= 4 is 43.4 Å². The van der Waals surface area contributed by atoms with Gasteiger partial charge in [-0.1, -0.05) is 15.9 Å². The number of aromatic hydroxyl groups is 1. The molecule has 2 rings (SSSR count). The van der Waals surface area contributed by atoms with Crippen molar-refractivity contribution in [1.82, 2.24) is 4.90 Å². The number of amides is 1. The Morgan fingerprint density at radius 2 is 2.20 bits per heavy atom. The van der Waals surface area contributed by atoms with Crippen molar-refractivity contribution in [3.8, 4) is 5.75 Å². The fraction of sp³-hybridized carbons (Fsp3) is 0.417. The summed E-state index contributed by atoms with van der Waals surface area (Å²) < 4.78 is 24.2. The minimum absolute atomic E-state index is 0.119. The maximum Gasteiger partial charge on any atom is 0.258 e. The summed E-state index contributed by atoms with van der Waals surface area (Å²) >= 11 is 4.71. The van der Waals surface area contributed by atoms with E-state index < -0.39 is 21.1 Å². The highest BCUT2D eigenvalue weighted by molar-refractivity contribution is 9.10. The van der Waals surface area contributed by atoms with E-state index in [0.29, 0.717) is 22.5 Å². The number of benzene rings is 1. The number of nitrogens with zero attached hydrogens (tertiary/aromatic N) is 1. The van der Waals surface area contributed by atoms with Crippen molar-refractivity contribution in [2.24, 2.45) is 0 Å². The second kappa shape index (κ2) is 5.95. The first-order valence-corrected chi connectivity index (χ1v) is 9.77. The van der Waals surface area contributed by atoms with Gasteiger partial charge in [-0.15, -0.1) is 0 Å². The van der Waals surface area contributed by atoms with Gasteiger partial charge in [-0.25, -0.2) is 8.42 Å². The highest BCUT2D eigenvalue weighted by atomic mass is 79.9. The Hall–Kier alpha value is -0.730. The van der Waals surface area contributed by atoms with Crippen LogP contribution in [-0.4, -0.2) is 54.0 Å². The van der Waals surface area contributed by atoms with E-state index >= 15 is 0 Å². The Kier molecular flexibility index (Phi) is 4.66. The van der Waals surface area contributed by atoms with Crippen molar-refractivity contribution in [3.05, 3.63) is 28.2 Å². The van der Waals surface area contributed by atoms with Crippen LogP contribution in [0.2, 0.25) is 0 Å². The Bertz CT molecular complexity index is 632. The maximum atomic E-state index is 12.5. The van der Waals surface area contributed by atoms with Gasteiger partial charge in [0.05, 0.1) is 5.56 Å². The van der Waals surface area contributed by atoms with Gasteiger partial charge >= 0.3 is 0 Å². The first-order chi connectivity index (χ1) is 9.30. The molecule has 1 amide bonds. The largest absolute Gasteiger partial charge is 0.507 e. The maximum absolute atomic E-state index is 12.5. The second-order valence-electron chi connectivity index (χ2n) is 4.52. The molecule has 1 aromatic rings. The molecule has 8 heteroatoms. The molecule has 1 atom stereocenters. The van der Waals surface area contributed by atoms with E-state index in [9.17, 15) is 18.3 Å². The summed E-state index contributed by atoms with van der Waals surface area (Å²) in [4.78, 5) is 13.8. The van der Waals surface area contributed by atoms with Gasteiger partial charge in [0.15, 0.2) is 9.84 Å². The molecule has 0 aliphatic carbocycles. The molecule has 0 aromatic heterocycles. The zero-order valence-corrected chi connectivity index (χ0v) is 14.0. The Morgan fingerprint density at radius 3 is 2.80 bits per heavy atom. The predicted molar refractivity (Wildman–Crippen MR) is 82.8 cm³/mol. The number of rotatable bonds is 2. The van der Waals surface area contributed by atoms with Crippen molar-refractivity contribution in [1.29, 1.82) is 0 Å². The fourth-order valence-corrected chi connectivity index (χ4v) is 5.17. The summed E-state index contributed by atoms with van der Waals surface area (Å²) in [5, 5.41) is 9.01. The molecule has 1 unspecified atom stereocenters. The van der Waals surface area contributed by atoms with Crippen LogP contribution < -0.4 is 0 Å². The van der Waals surface area contributed by atoms with Crippen LogP contribution in [0.25, 0.3) is 0 Å². The van der Waals surface area contributed by atoms with Gasteiger partial charge in [0, 0.05) is 28.8 Å². The van der Waals surface area contributed by atoms with Crippen LogP contribution in [0.15, 0.2) is 22.7 Å². The number of thioether (sulfide) groups is 1. The van der Waals surface area contributed by atoms with E-state index in [1.165, 1.54) is 28.8 Å². The lowest BCUT2D eigenvalue weighted by molar-refractivity contribution is 0.0746. The van der Waals surface area contributed by atoms with Crippen molar-refractivity contribution in [2.45, 2.75) is 5.37 Å². The molecule has 0 radical (unpaired) electrons. The molecule has 1 saturated heterocycles. The van der Waals surface area contributed by atoms with Gasteiger partial charge in [-0.3, -0.25) is 4.79 Å². The van der Waals surface area contributed by atoms with Crippen LogP contribution in [0.5, 0.6) is 5.75 Å². The lowest BCUT2D eigenvalue weighted by Gasteiger charge is -2.34. The number of phenolic OH excluding ortho intramolecular Hbond substituents is 1. The second-order valence-corrected chi connectivity index (χ2v) is 8.79. The van der Waals surface area contributed by atoms with Gasteiger partial charge in [-0.2, -0.15) is 11.8 Å². The van der Waals surface area contributed by atoms with Crippen molar-refractivity contribution < 1.29 is 18.3 Å². The molecule has 0 saturated carbocycles. The smallest absolute Gasteiger partial charge is 0.258 e. The van der Waals surface area contributed by atoms with E-state index in [0.717, 1.165) is 6.26 Å². The molecular formula is C12H14BrNO4S2. The number of hydrogen-bond acceptors (Lipinski definition) is 5. The third kappa shape index (κ3) is 3.29. The molecule has 0 spiro atoms. The van der Waals surface area contributed by atoms with E-state index in [-0.39, 0.29) is 11.3 Å². The Labute approximate surface area is 130 Å². The van der Waals surface area contributed by atoms with Crippen molar-refractivity contribution in [3.63, 3.8) is 0 Å². The summed E-state index contributed by atoms with van der Waals surface area (Å²) in [5.74, 6) is 0.442. The minimum Gasteiger partial charge on any atom is -0.507 e. The van der Waals surface area contributed by atoms with Gasteiger partial charge in [-0.05, 0) is 18.2 Å². The SMILES string of the molecule is CS(=O)(=O)C1CSCCN1C(=O)c1ccc(Br)cc1O. The topological polar surface area (TPSA) is 74.7 Å². The highest BCUT2D eigenvalue weighted by Crippen LogP contribution is 2.27. The molecule has 5 nitrogen and oxygen atoms in total. The lowest BCUT2D eigenvalue weighted by Crippen LogP contribution is -2.49. The fourth-order valence-electron chi connectivity index (χ4n) is 2.01. The molecule has 0 bridgehead atoms. The molecule has 1 fully saturated rings. The van der Waals surface area contributed by atoms with Gasteiger partial charge in [0.1, 0.15) is 11.1 Å². The number of sulfone groups is 1. The molecule has 110 valence electrons. The number of halogens is 1. The zero-order chi connectivity index (χ0) is 14.9. The molecule has 20 heavy (non-hydrogen) atoms. The van der Waals surface area contributed by atoms with Crippen LogP contribution in [0.1, 0.15) is 10.4 Å². The van der Waals surface area contributed by atoms with E-state index in [1.54, 1.807) is 6.07 Å². The first-order valence-electron chi connectivity index (χ1n) is 5.87. The quantitative estimate of drug-likeness (QED) is 0.846. The predicted octanol–water partition coefficient (Wildman–Crippen LogP) is 1.71. The number of phenols is 1. The number of carbonyl (C=O) groups excluding carboxylic acids is 1. The number of hydrogen-bond donors (Lipinski definition) is 1. The van der Waals surface area contributed by atoms with Gasteiger partial charge in [0.25, 0.3) is 5.91 Å². The molecular weight excluding hydrogens is 366 g/mol. The average Bonchev–Trinajstić information content (AvgIpc) is 2.37. The van der Waals surface area contributed by atoms with E-state index in [1.807, 2.05) is 0 Å². The molecule has 1 aliphatic heterocycles. The average molecular weight is 380 g/mol. The first kappa shape index (κ1) is 15.7. The zero-order valence-electron chi connectivity index (χ0n) is 10.7. The van der Waals surface area contributed by atoms with Crippen LogP contribution in [-0.2, 0) is 9.84 Å². The number of carbonyl (C=O) groups is 1. The van der Waals surface area contributed by atoms with Gasteiger partial charge < -0.3 is 10.0 Å². The molecule has 1 aliphatic rings. The highest BCUT2D eigenvalue weighted by Gasteiger charge is 2.35. The van der Waals surface area contributed by atoms with Crippen LogP contribution in [0.4, 0.5) is 0 Å². The molecule has 1 N–H and O–H groups in total. The normalized spacial score (nSPS) is 19.9. The minimum atomic E-state index is -3.36. The van der Waals surface area contributed by atoms with Crippen LogP contribution >= 0.6 is 27.7 Å². The lowest BCUT2D eigenvalue weighted by atomic mass is 10.1. The summed E-state index contributed by atoms with van der Waals surface area (Å²) in [6, 6.07) is 4.55. The summed E-state index contributed by atoms with van der Waals surface area (Å²) in [5.41, 5.74) is 0.119. The Balaban J connectivity index is 2.35. The van der Waals surface area contributed by atoms with Crippen molar-refractivity contribution in [2.75, 3.05) is 24.3 Å². The summed E-state index contributed by atoms with van der Waals surface area (Å²) in [6.45, 7) is 0.358. The van der Waals surface area contributed by atoms with E-state index in [4.69, 9.17) is 0 Å². The monoisotopic (exact) mass is 379 g/mol. The van der Waals surface area contributed by atoms with Crippen LogP contribution in [0.3, 0.4) is 0 Å². The van der Waals surface area contributed by atoms with E-state index in [2.05, 4.69) is 15.9 Å². The molecule has 1 aromatic carbocycles.